The summed E-state index contributed by atoms with van der Waals surface area (Å²) in [7, 11) is 1.51. The first-order chi connectivity index (χ1) is 6.70. The van der Waals surface area contributed by atoms with E-state index in [2.05, 4.69) is 0 Å². The van der Waals surface area contributed by atoms with Crippen LogP contribution in [0.25, 0.3) is 0 Å². The first kappa shape index (κ1) is 11.4. The zero-order valence-electron chi connectivity index (χ0n) is 8.57. The van der Waals surface area contributed by atoms with Crippen LogP contribution in [0.2, 0.25) is 0 Å². The first-order valence-corrected chi connectivity index (χ1v) is 4.87. The van der Waals surface area contributed by atoms with E-state index in [4.69, 9.17) is 15.3 Å². The van der Waals surface area contributed by atoms with Crippen molar-refractivity contribution in [3.63, 3.8) is 0 Å². The van der Waals surface area contributed by atoms with Crippen LogP contribution in [-0.4, -0.2) is 44.4 Å². The largest absolute Gasteiger partial charge is 0.381 e. The van der Waals surface area contributed by atoms with E-state index in [1.807, 2.05) is 0 Å². The SMILES string of the molecule is CN(N)C(=O)COCC1CCOCC1. The summed E-state index contributed by atoms with van der Waals surface area (Å²) in [6.45, 7) is 2.31. The van der Waals surface area contributed by atoms with Crippen molar-refractivity contribution in [2.75, 3.05) is 33.5 Å². The summed E-state index contributed by atoms with van der Waals surface area (Å²) in [5.41, 5.74) is 0. The number of amides is 1. The summed E-state index contributed by atoms with van der Waals surface area (Å²) in [6.07, 6.45) is 2.04. The Kier molecular flexibility index (Phi) is 4.86. The van der Waals surface area contributed by atoms with Crippen molar-refractivity contribution in [2.45, 2.75) is 12.8 Å². The number of ether oxygens (including phenoxy) is 2. The first-order valence-electron chi connectivity index (χ1n) is 4.87. The van der Waals surface area contributed by atoms with Crippen molar-refractivity contribution < 1.29 is 14.3 Å². The van der Waals surface area contributed by atoms with Gasteiger partial charge in [-0.05, 0) is 18.8 Å². The van der Waals surface area contributed by atoms with Gasteiger partial charge in [0.05, 0.1) is 6.61 Å². The van der Waals surface area contributed by atoms with E-state index in [-0.39, 0.29) is 12.5 Å². The Bertz CT molecular complexity index is 179. The molecule has 0 unspecified atom stereocenters. The number of nitrogens with two attached hydrogens (primary N) is 1. The summed E-state index contributed by atoms with van der Waals surface area (Å²) in [4.78, 5) is 11.0. The molecule has 0 aliphatic carbocycles. The van der Waals surface area contributed by atoms with Crippen LogP contribution in [0.3, 0.4) is 0 Å². The standard InChI is InChI=1S/C9H18N2O3/c1-11(10)9(12)7-14-6-8-2-4-13-5-3-8/h8H,2-7,10H2,1H3. The topological polar surface area (TPSA) is 64.8 Å². The Morgan fingerprint density at radius 3 is 2.79 bits per heavy atom. The normalized spacial score (nSPS) is 18.1. The van der Waals surface area contributed by atoms with Crippen LogP contribution in [0.1, 0.15) is 12.8 Å². The summed E-state index contributed by atoms with van der Waals surface area (Å²) in [5.74, 6) is 5.57. The molecule has 0 aromatic carbocycles. The van der Waals surface area contributed by atoms with E-state index in [1.165, 1.54) is 7.05 Å². The highest BCUT2D eigenvalue weighted by molar-refractivity contribution is 5.76. The minimum absolute atomic E-state index is 0.0738. The van der Waals surface area contributed by atoms with Gasteiger partial charge in [0.15, 0.2) is 0 Å². The van der Waals surface area contributed by atoms with Crippen LogP contribution in [-0.2, 0) is 14.3 Å². The molecule has 14 heavy (non-hydrogen) atoms. The Morgan fingerprint density at radius 1 is 1.57 bits per heavy atom. The van der Waals surface area contributed by atoms with Crippen LogP contribution >= 0.6 is 0 Å². The van der Waals surface area contributed by atoms with E-state index in [0.29, 0.717) is 12.5 Å². The molecular weight excluding hydrogens is 184 g/mol. The van der Waals surface area contributed by atoms with Gasteiger partial charge in [-0.25, -0.2) is 5.84 Å². The maximum absolute atomic E-state index is 11.0. The highest BCUT2D eigenvalue weighted by Gasteiger charge is 2.14. The molecule has 0 aromatic rings. The Labute approximate surface area is 84.1 Å². The molecule has 0 radical (unpaired) electrons. The fourth-order valence-corrected chi connectivity index (χ4v) is 1.33. The number of rotatable bonds is 4. The molecule has 0 bridgehead atoms. The lowest BCUT2D eigenvalue weighted by atomic mass is 10.0. The number of hydrazine groups is 1. The van der Waals surface area contributed by atoms with Crippen LogP contribution in [0, 0.1) is 5.92 Å². The third-order valence-corrected chi connectivity index (χ3v) is 2.31. The van der Waals surface area contributed by atoms with Gasteiger partial charge in [-0.15, -0.1) is 0 Å². The fraction of sp³-hybridized carbons (Fsp3) is 0.889. The fourth-order valence-electron chi connectivity index (χ4n) is 1.33. The van der Waals surface area contributed by atoms with E-state index in [0.717, 1.165) is 31.1 Å². The molecule has 0 spiro atoms. The maximum atomic E-state index is 11.0. The van der Waals surface area contributed by atoms with Crippen molar-refractivity contribution in [3.8, 4) is 0 Å². The average molecular weight is 202 g/mol. The highest BCUT2D eigenvalue weighted by Crippen LogP contribution is 2.14. The molecule has 5 nitrogen and oxygen atoms in total. The van der Waals surface area contributed by atoms with Gasteiger partial charge in [0.2, 0.25) is 0 Å². The smallest absolute Gasteiger partial charge is 0.262 e. The van der Waals surface area contributed by atoms with Crippen LogP contribution in [0.5, 0.6) is 0 Å². The lowest BCUT2D eigenvalue weighted by Gasteiger charge is -2.21. The van der Waals surface area contributed by atoms with Gasteiger partial charge >= 0.3 is 0 Å². The molecule has 1 saturated heterocycles. The van der Waals surface area contributed by atoms with Gasteiger partial charge in [-0.1, -0.05) is 0 Å². The summed E-state index contributed by atoms with van der Waals surface area (Å²) >= 11 is 0. The highest BCUT2D eigenvalue weighted by atomic mass is 16.5. The second-order valence-corrected chi connectivity index (χ2v) is 3.58. The van der Waals surface area contributed by atoms with E-state index >= 15 is 0 Å². The molecule has 0 aromatic heterocycles. The quantitative estimate of drug-likeness (QED) is 0.388. The number of carbonyl (C=O) groups excluding carboxylic acids is 1. The van der Waals surface area contributed by atoms with Gasteiger partial charge in [0, 0.05) is 20.3 Å². The molecule has 1 heterocycles. The minimum atomic E-state index is -0.197. The molecule has 5 heteroatoms. The second kappa shape index (κ2) is 5.95. The zero-order chi connectivity index (χ0) is 10.4. The van der Waals surface area contributed by atoms with Crippen LogP contribution in [0.4, 0.5) is 0 Å². The van der Waals surface area contributed by atoms with Gasteiger partial charge in [0.1, 0.15) is 6.61 Å². The predicted octanol–water partition coefficient (Wildman–Crippen LogP) is -0.238. The van der Waals surface area contributed by atoms with Crippen molar-refractivity contribution in [2.24, 2.45) is 11.8 Å². The molecule has 1 fully saturated rings. The Morgan fingerprint density at radius 2 is 2.21 bits per heavy atom. The van der Waals surface area contributed by atoms with Gasteiger partial charge in [-0.3, -0.25) is 9.80 Å². The van der Waals surface area contributed by atoms with Gasteiger partial charge in [-0.2, -0.15) is 0 Å². The number of carbonyl (C=O) groups is 1. The van der Waals surface area contributed by atoms with E-state index in [1.54, 1.807) is 0 Å². The molecule has 2 N–H and O–H groups in total. The van der Waals surface area contributed by atoms with E-state index < -0.39 is 0 Å². The third kappa shape index (κ3) is 4.04. The monoisotopic (exact) mass is 202 g/mol. The summed E-state index contributed by atoms with van der Waals surface area (Å²) < 4.78 is 10.5. The molecular formula is C9H18N2O3. The van der Waals surface area contributed by atoms with E-state index in [9.17, 15) is 4.79 Å². The molecule has 1 rings (SSSR count). The zero-order valence-corrected chi connectivity index (χ0v) is 8.57. The lowest BCUT2D eigenvalue weighted by molar-refractivity contribution is -0.135. The number of nitrogens with zero attached hydrogens (tertiary/aromatic N) is 1. The van der Waals surface area contributed by atoms with Crippen LogP contribution in [0.15, 0.2) is 0 Å². The molecule has 1 amide bonds. The minimum Gasteiger partial charge on any atom is -0.381 e. The molecule has 1 aliphatic rings. The second-order valence-electron chi connectivity index (χ2n) is 3.58. The van der Waals surface area contributed by atoms with Crippen LogP contribution < -0.4 is 5.84 Å². The van der Waals surface area contributed by atoms with Gasteiger partial charge in [0.25, 0.3) is 5.91 Å². The molecule has 1 aliphatic heterocycles. The number of likely N-dealkylation sites (N-methyl/N-ethyl adjacent to an activating group) is 1. The van der Waals surface area contributed by atoms with Gasteiger partial charge < -0.3 is 9.47 Å². The number of hydrogen-bond acceptors (Lipinski definition) is 4. The van der Waals surface area contributed by atoms with Crippen molar-refractivity contribution in [1.82, 2.24) is 5.01 Å². The Hall–Kier alpha value is -0.650. The Balaban J connectivity index is 2.05. The third-order valence-electron chi connectivity index (χ3n) is 2.31. The average Bonchev–Trinajstić information content (AvgIpc) is 2.19. The van der Waals surface area contributed by atoms with Crippen molar-refractivity contribution in [3.05, 3.63) is 0 Å². The molecule has 0 saturated carbocycles. The molecule has 82 valence electrons. The molecule has 0 atom stereocenters. The summed E-state index contributed by atoms with van der Waals surface area (Å²) in [5, 5.41) is 1.05. The van der Waals surface area contributed by atoms with Crippen molar-refractivity contribution in [1.29, 1.82) is 0 Å². The predicted molar refractivity (Wildman–Crippen MR) is 51.3 cm³/mol. The maximum Gasteiger partial charge on any atom is 0.262 e. The lowest BCUT2D eigenvalue weighted by Crippen LogP contribution is -2.36. The number of hydrogen-bond donors (Lipinski definition) is 1. The van der Waals surface area contributed by atoms with Crippen molar-refractivity contribution >= 4 is 5.91 Å². The summed E-state index contributed by atoms with van der Waals surface area (Å²) in [6, 6.07) is 0.